The van der Waals surface area contributed by atoms with Gasteiger partial charge in [0.15, 0.2) is 5.82 Å². The lowest BCUT2D eigenvalue weighted by atomic mass is 9.89. The van der Waals surface area contributed by atoms with Crippen LogP contribution in [0.5, 0.6) is 0 Å². The van der Waals surface area contributed by atoms with E-state index in [1.54, 1.807) is 0 Å². The van der Waals surface area contributed by atoms with E-state index in [2.05, 4.69) is 40.5 Å². The first-order valence-electron chi connectivity index (χ1n) is 15.3. The number of benzene rings is 1. The summed E-state index contributed by atoms with van der Waals surface area (Å²) in [5.74, 6) is 0.971. The molecule has 0 radical (unpaired) electrons. The molecule has 0 unspecified atom stereocenters. The zero-order chi connectivity index (χ0) is 29.6. The molecule has 2 N–H and O–H groups in total. The van der Waals surface area contributed by atoms with E-state index < -0.39 is 5.60 Å². The molecule has 41 heavy (non-hydrogen) atoms. The van der Waals surface area contributed by atoms with Crippen LogP contribution in [-0.4, -0.2) is 82.3 Å². The molecule has 1 aromatic carbocycles. The van der Waals surface area contributed by atoms with Gasteiger partial charge in [-0.1, -0.05) is 24.6 Å². The number of aromatic nitrogens is 3. The zero-order valence-corrected chi connectivity index (χ0v) is 26.0. The van der Waals surface area contributed by atoms with E-state index in [1.165, 1.54) is 25.7 Å². The highest BCUT2D eigenvalue weighted by Crippen LogP contribution is 2.31. The second-order valence-corrected chi connectivity index (χ2v) is 12.4. The number of anilines is 1. The van der Waals surface area contributed by atoms with Gasteiger partial charge in [0.25, 0.3) is 0 Å². The van der Waals surface area contributed by atoms with Gasteiger partial charge in [0.2, 0.25) is 0 Å². The number of nitrogen functional groups attached to an aromatic ring is 1. The van der Waals surface area contributed by atoms with Crippen LogP contribution in [0.2, 0.25) is 0 Å². The third kappa shape index (κ3) is 7.96. The summed E-state index contributed by atoms with van der Waals surface area (Å²) in [6.45, 7) is 8.30. The van der Waals surface area contributed by atoms with Crippen LogP contribution < -0.4 is 5.73 Å². The van der Waals surface area contributed by atoms with Gasteiger partial charge < -0.3 is 29.6 Å². The minimum absolute atomic E-state index is 0.160. The lowest BCUT2D eigenvalue weighted by molar-refractivity contribution is -0.157. The summed E-state index contributed by atoms with van der Waals surface area (Å²) in [6.07, 6.45) is 8.51. The van der Waals surface area contributed by atoms with Crippen LogP contribution in [0.15, 0.2) is 24.3 Å². The fourth-order valence-corrected chi connectivity index (χ4v) is 6.16. The van der Waals surface area contributed by atoms with Crippen molar-refractivity contribution < 1.29 is 14.3 Å². The van der Waals surface area contributed by atoms with Crippen LogP contribution >= 0.6 is 0 Å². The number of nitrogens with zero attached hydrogens (tertiary/aromatic N) is 5. The molecule has 0 aliphatic heterocycles. The Balaban J connectivity index is 1.31. The Morgan fingerprint density at radius 1 is 1.05 bits per heavy atom. The molecule has 1 aliphatic carbocycles. The maximum absolute atomic E-state index is 12.9. The predicted molar refractivity (Wildman–Crippen MR) is 166 cm³/mol. The number of imidazole rings is 1. The molecule has 1 aliphatic rings. The summed E-state index contributed by atoms with van der Waals surface area (Å²) in [7, 11) is 6.64. The van der Waals surface area contributed by atoms with Gasteiger partial charge in [-0.15, -0.1) is 0 Å². The van der Waals surface area contributed by atoms with Crippen molar-refractivity contribution in [1.82, 2.24) is 24.3 Å². The number of esters is 1. The minimum Gasteiger partial charge on any atom is -0.458 e. The van der Waals surface area contributed by atoms with E-state index in [1.807, 2.05) is 45.0 Å². The average Bonchev–Trinajstić information content (AvgIpc) is 3.29. The summed E-state index contributed by atoms with van der Waals surface area (Å²) >= 11 is 0. The van der Waals surface area contributed by atoms with Crippen molar-refractivity contribution in [3.8, 4) is 0 Å². The Labute approximate surface area is 245 Å². The van der Waals surface area contributed by atoms with Gasteiger partial charge in [-0.25, -0.2) is 9.97 Å². The Morgan fingerprint density at radius 3 is 2.46 bits per heavy atom. The fourth-order valence-electron chi connectivity index (χ4n) is 6.16. The van der Waals surface area contributed by atoms with Gasteiger partial charge in [0.1, 0.15) is 23.5 Å². The smallest absolute Gasteiger partial charge is 0.306 e. The second-order valence-electron chi connectivity index (χ2n) is 12.4. The van der Waals surface area contributed by atoms with Crippen molar-refractivity contribution in [1.29, 1.82) is 0 Å². The van der Waals surface area contributed by atoms with Gasteiger partial charge >= 0.3 is 5.97 Å². The van der Waals surface area contributed by atoms with Gasteiger partial charge in [-0.05, 0) is 93.1 Å². The molecule has 226 valence electrons. The van der Waals surface area contributed by atoms with Crippen LogP contribution in [0, 0.1) is 0 Å². The molecule has 0 atom stereocenters. The Kier molecular flexibility index (Phi) is 10.6. The number of carbonyl (C=O) groups is 1. The van der Waals surface area contributed by atoms with Crippen molar-refractivity contribution in [2.75, 3.05) is 40.0 Å². The second kappa shape index (κ2) is 13.9. The molecule has 2 heterocycles. The van der Waals surface area contributed by atoms with Crippen molar-refractivity contribution >= 4 is 33.7 Å². The molecule has 0 spiro atoms. The first-order valence-corrected chi connectivity index (χ1v) is 15.3. The highest BCUT2D eigenvalue weighted by Gasteiger charge is 2.28. The van der Waals surface area contributed by atoms with Crippen molar-refractivity contribution in [2.45, 2.75) is 103 Å². The molecular formula is C32H50N6O3. The van der Waals surface area contributed by atoms with E-state index >= 15 is 0 Å². The standard InChI is InChI=1S/C32H50N6O3/c1-7-40-21-27-35-29-30(25-13-10-11-14-26(25)34-31(29)33)38(27)22-32(2,3)41-28(39)15-9-8-12-20-37(6)24-18-16-23(17-19-24)36(4)5/h10-11,13-14,23-24H,7-9,12,15-22H2,1-6H3,(H2,33,34). The van der Waals surface area contributed by atoms with Crippen LogP contribution in [0.4, 0.5) is 5.82 Å². The quantitative estimate of drug-likeness (QED) is 0.205. The van der Waals surface area contributed by atoms with Crippen LogP contribution in [0.1, 0.15) is 78.0 Å². The molecule has 2 aromatic heterocycles. The number of hydrogen-bond donors (Lipinski definition) is 1. The van der Waals surface area contributed by atoms with Gasteiger partial charge in [-0.2, -0.15) is 0 Å². The summed E-state index contributed by atoms with van der Waals surface area (Å²) in [5, 5.41) is 0.963. The SMILES string of the molecule is CCOCc1nc2c(N)nc3ccccc3c2n1CC(C)(C)OC(=O)CCCCCN(C)C1CCC(N(C)C)CC1. The zero-order valence-electron chi connectivity index (χ0n) is 26.0. The fraction of sp³-hybridized carbons (Fsp3) is 0.656. The van der Waals surface area contributed by atoms with E-state index in [0.717, 1.165) is 54.1 Å². The number of rotatable bonds is 14. The highest BCUT2D eigenvalue weighted by atomic mass is 16.6. The minimum atomic E-state index is -0.740. The molecule has 0 bridgehead atoms. The van der Waals surface area contributed by atoms with Gasteiger partial charge in [-0.3, -0.25) is 4.79 Å². The maximum Gasteiger partial charge on any atom is 0.306 e. The van der Waals surface area contributed by atoms with E-state index in [4.69, 9.17) is 20.2 Å². The summed E-state index contributed by atoms with van der Waals surface area (Å²) in [4.78, 5) is 27.1. The molecule has 9 nitrogen and oxygen atoms in total. The van der Waals surface area contributed by atoms with E-state index in [0.29, 0.717) is 43.6 Å². The van der Waals surface area contributed by atoms with Crippen LogP contribution in [0.25, 0.3) is 21.9 Å². The van der Waals surface area contributed by atoms with Gasteiger partial charge in [0.05, 0.1) is 17.6 Å². The van der Waals surface area contributed by atoms with Crippen LogP contribution in [-0.2, 0) is 27.4 Å². The number of pyridine rings is 1. The number of carbonyl (C=O) groups excluding carboxylic acids is 1. The summed E-state index contributed by atoms with van der Waals surface area (Å²) in [6, 6.07) is 9.32. The number of fused-ring (bicyclic) bond motifs is 3. The lowest BCUT2D eigenvalue weighted by Gasteiger charge is -2.37. The normalized spacial score (nSPS) is 18.1. The number of unbranched alkanes of at least 4 members (excludes halogenated alkanes) is 2. The topological polar surface area (TPSA) is 98.7 Å². The van der Waals surface area contributed by atoms with E-state index in [9.17, 15) is 4.79 Å². The third-order valence-electron chi connectivity index (χ3n) is 8.47. The van der Waals surface area contributed by atoms with Crippen molar-refractivity contribution in [3.05, 3.63) is 30.1 Å². The molecule has 0 amide bonds. The average molecular weight is 567 g/mol. The molecule has 3 aromatic rings. The lowest BCUT2D eigenvalue weighted by Crippen LogP contribution is -2.40. The molecular weight excluding hydrogens is 516 g/mol. The largest absolute Gasteiger partial charge is 0.458 e. The molecule has 1 fully saturated rings. The Morgan fingerprint density at radius 2 is 1.76 bits per heavy atom. The first-order chi connectivity index (χ1) is 19.6. The highest BCUT2D eigenvalue weighted by molar-refractivity contribution is 6.06. The Bertz CT molecular complexity index is 1300. The summed E-state index contributed by atoms with van der Waals surface area (Å²) < 4.78 is 13.8. The van der Waals surface area contributed by atoms with Gasteiger partial charge in [0, 0.05) is 30.5 Å². The molecule has 0 saturated heterocycles. The van der Waals surface area contributed by atoms with Crippen LogP contribution in [0.3, 0.4) is 0 Å². The number of hydrogen-bond acceptors (Lipinski definition) is 8. The predicted octanol–water partition coefficient (Wildman–Crippen LogP) is 5.39. The van der Waals surface area contributed by atoms with E-state index in [-0.39, 0.29) is 5.97 Å². The summed E-state index contributed by atoms with van der Waals surface area (Å²) in [5.41, 5.74) is 7.93. The number of ether oxygens (including phenoxy) is 2. The molecule has 1 saturated carbocycles. The number of nitrogens with two attached hydrogens (primary N) is 1. The first kappa shape index (κ1) is 31.2. The molecule has 4 rings (SSSR count). The monoisotopic (exact) mass is 566 g/mol. The molecule has 9 heteroatoms. The Hall–Kier alpha value is -2.75. The third-order valence-corrected chi connectivity index (χ3v) is 8.47. The number of para-hydroxylation sites is 1. The van der Waals surface area contributed by atoms with Crippen molar-refractivity contribution in [2.24, 2.45) is 0 Å². The van der Waals surface area contributed by atoms with Crippen molar-refractivity contribution in [3.63, 3.8) is 0 Å². The maximum atomic E-state index is 12.9.